The van der Waals surface area contributed by atoms with E-state index in [1.807, 2.05) is 6.92 Å². The quantitative estimate of drug-likeness (QED) is 0.297. The second-order valence-corrected chi connectivity index (χ2v) is 9.45. The Kier molecular flexibility index (Phi) is 12.5. The summed E-state index contributed by atoms with van der Waals surface area (Å²) in [6.07, 6.45) is 2.71. The van der Waals surface area contributed by atoms with Gasteiger partial charge in [-0.15, -0.1) is 0 Å². The molecule has 0 spiro atoms. The summed E-state index contributed by atoms with van der Waals surface area (Å²) in [5.41, 5.74) is 0. The maximum atomic E-state index is 11.4. The molecular formula is C19H34O6Si. The largest absolute Gasteiger partial charge is 0.462 e. The van der Waals surface area contributed by atoms with Crippen LogP contribution in [0.3, 0.4) is 0 Å². The van der Waals surface area contributed by atoms with Gasteiger partial charge in [0.25, 0.3) is 0 Å². The molecule has 0 rings (SSSR count). The van der Waals surface area contributed by atoms with E-state index >= 15 is 0 Å². The number of carbonyl (C=O) groups excluding carboxylic acids is 2. The van der Waals surface area contributed by atoms with E-state index in [4.69, 9.17) is 13.9 Å². The van der Waals surface area contributed by atoms with Crippen molar-refractivity contribution in [1.29, 1.82) is 0 Å². The number of rotatable bonds is 13. The molecule has 0 saturated carbocycles. The third-order valence-corrected chi connectivity index (χ3v) is 4.45. The smallest absolute Gasteiger partial charge is 0.308 e. The maximum Gasteiger partial charge on any atom is 0.308 e. The minimum Gasteiger partial charge on any atom is -0.462 e. The Labute approximate surface area is 160 Å². The first-order valence-corrected chi connectivity index (χ1v) is 9.99. The van der Waals surface area contributed by atoms with Crippen LogP contribution in [0.5, 0.6) is 0 Å². The van der Waals surface area contributed by atoms with E-state index in [-0.39, 0.29) is 36.2 Å². The van der Waals surface area contributed by atoms with Gasteiger partial charge in [0.05, 0.1) is 12.5 Å². The van der Waals surface area contributed by atoms with Crippen LogP contribution in [0.2, 0.25) is 5.04 Å². The normalized spacial score (nSPS) is 15.0. The summed E-state index contributed by atoms with van der Waals surface area (Å²) in [7, 11) is 0.373. The van der Waals surface area contributed by atoms with Crippen molar-refractivity contribution in [2.45, 2.75) is 90.1 Å². The zero-order valence-corrected chi connectivity index (χ0v) is 17.7. The molecule has 0 bridgehead atoms. The molecule has 1 N–H and O–H groups in total. The second kappa shape index (κ2) is 13.1. The fraction of sp³-hybridized carbons (Fsp3) is 0.789. The van der Waals surface area contributed by atoms with E-state index in [1.165, 1.54) is 13.0 Å². The van der Waals surface area contributed by atoms with Crippen molar-refractivity contribution in [2.75, 3.05) is 6.61 Å². The van der Waals surface area contributed by atoms with Gasteiger partial charge in [-0.2, -0.15) is 0 Å². The highest BCUT2D eigenvalue weighted by Crippen LogP contribution is 2.22. The summed E-state index contributed by atoms with van der Waals surface area (Å²) < 4.78 is 16.1. The molecule has 150 valence electrons. The molecule has 0 aliphatic rings. The van der Waals surface area contributed by atoms with Gasteiger partial charge >= 0.3 is 11.9 Å². The van der Waals surface area contributed by atoms with Gasteiger partial charge in [0.2, 0.25) is 9.76 Å². The Bertz CT molecular complexity index is 432. The average molecular weight is 387 g/mol. The fourth-order valence-corrected chi connectivity index (χ4v) is 2.89. The van der Waals surface area contributed by atoms with Crippen LogP contribution in [-0.2, 0) is 23.5 Å². The lowest BCUT2D eigenvalue weighted by Gasteiger charge is -2.24. The van der Waals surface area contributed by atoms with Gasteiger partial charge in [-0.1, -0.05) is 33.4 Å². The first-order valence-electron chi connectivity index (χ1n) is 9.08. The predicted octanol–water partition coefficient (Wildman–Crippen LogP) is 3.20. The molecule has 0 aromatic heterocycles. The molecule has 0 fully saturated rings. The lowest BCUT2D eigenvalue weighted by molar-refractivity contribution is -0.147. The molecule has 0 aromatic rings. The highest BCUT2D eigenvalue weighted by Gasteiger charge is 2.21. The van der Waals surface area contributed by atoms with Gasteiger partial charge < -0.3 is 19.0 Å². The monoisotopic (exact) mass is 386 g/mol. The van der Waals surface area contributed by atoms with Crippen molar-refractivity contribution in [2.24, 2.45) is 0 Å². The van der Waals surface area contributed by atoms with Crippen LogP contribution in [0.4, 0.5) is 0 Å². The summed E-state index contributed by atoms with van der Waals surface area (Å²) in [4.78, 5) is 22.8. The van der Waals surface area contributed by atoms with Crippen LogP contribution in [0.1, 0.15) is 66.7 Å². The Morgan fingerprint density at radius 2 is 1.92 bits per heavy atom. The first kappa shape index (κ1) is 24.8. The highest BCUT2D eigenvalue weighted by atomic mass is 28.2. The van der Waals surface area contributed by atoms with Crippen LogP contribution in [-0.4, -0.2) is 51.7 Å². The topological polar surface area (TPSA) is 82.1 Å². The van der Waals surface area contributed by atoms with Crippen molar-refractivity contribution < 1.29 is 28.6 Å². The third-order valence-electron chi connectivity index (χ3n) is 3.32. The molecule has 26 heavy (non-hydrogen) atoms. The van der Waals surface area contributed by atoms with Crippen LogP contribution >= 0.6 is 0 Å². The summed E-state index contributed by atoms with van der Waals surface area (Å²) in [5, 5.41) is 10.0. The first-order chi connectivity index (χ1) is 12.0. The molecule has 3 atom stereocenters. The average Bonchev–Trinajstić information content (AvgIpc) is 2.49. The van der Waals surface area contributed by atoms with Crippen molar-refractivity contribution in [3.63, 3.8) is 0 Å². The van der Waals surface area contributed by atoms with E-state index in [1.54, 1.807) is 0 Å². The van der Waals surface area contributed by atoms with Crippen LogP contribution < -0.4 is 0 Å². The van der Waals surface area contributed by atoms with Gasteiger partial charge in [0, 0.05) is 19.4 Å². The number of ether oxygens (including phenoxy) is 2. The standard InChI is InChI=1S/C19H34O6Si/c1-7-11-23-18(22)13-16(21)9-8-10-17(24-15(3)20)12-14(2)25-26-19(4,5)6/h7,14,16-17,21H,1,8-13H2,2-6H3/t14-,16+,17-/m1/s1. The summed E-state index contributed by atoms with van der Waals surface area (Å²) in [5.74, 6) is -0.770. The zero-order chi connectivity index (χ0) is 20.2. The molecule has 0 unspecified atom stereocenters. The van der Waals surface area contributed by atoms with Crippen molar-refractivity contribution in [3.8, 4) is 0 Å². The van der Waals surface area contributed by atoms with Crippen LogP contribution in [0.25, 0.3) is 0 Å². The fourth-order valence-electron chi connectivity index (χ4n) is 2.24. The summed E-state index contributed by atoms with van der Waals surface area (Å²) >= 11 is 0. The minimum absolute atomic E-state index is 0.0179. The van der Waals surface area contributed by atoms with E-state index in [0.717, 1.165) is 0 Å². The minimum atomic E-state index is -0.763. The molecule has 2 radical (unpaired) electrons. The van der Waals surface area contributed by atoms with E-state index in [0.29, 0.717) is 35.4 Å². The van der Waals surface area contributed by atoms with Gasteiger partial charge in [-0.25, -0.2) is 0 Å². The highest BCUT2D eigenvalue weighted by molar-refractivity contribution is 6.31. The van der Waals surface area contributed by atoms with E-state index < -0.39 is 12.1 Å². The lowest BCUT2D eigenvalue weighted by atomic mass is 10.0. The molecule has 0 heterocycles. The summed E-state index contributed by atoms with van der Waals surface area (Å²) in [6, 6.07) is 0. The Hall–Kier alpha value is -1.18. The third kappa shape index (κ3) is 15.1. The molecular weight excluding hydrogens is 352 g/mol. The van der Waals surface area contributed by atoms with Crippen LogP contribution in [0, 0.1) is 0 Å². The second-order valence-electron chi connectivity index (χ2n) is 7.51. The number of aliphatic hydroxyl groups is 1. The molecule has 0 aliphatic heterocycles. The molecule has 6 nitrogen and oxygen atoms in total. The number of aliphatic hydroxyl groups excluding tert-OH is 1. The summed E-state index contributed by atoms with van der Waals surface area (Å²) in [6.45, 7) is 13.3. The SMILES string of the molecule is C=CCOC(=O)C[C@@H](O)CCC[C@H](C[C@@H](C)O[Si]C(C)(C)C)OC(C)=O. The lowest BCUT2D eigenvalue weighted by Crippen LogP contribution is -2.26. The van der Waals surface area contributed by atoms with Crippen molar-refractivity contribution in [1.82, 2.24) is 0 Å². The number of carbonyl (C=O) groups is 2. The van der Waals surface area contributed by atoms with E-state index in [2.05, 4.69) is 27.4 Å². The maximum absolute atomic E-state index is 11.4. The van der Waals surface area contributed by atoms with Crippen molar-refractivity contribution >= 4 is 21.7 Å². The molecule has 0 aliphatic carbocycles. The van der Waals surface area contributed by atoms with Gasteiger partial charge in [-0.3, -0.25) is 9.59 Å². The Morgan fingerprint density at radius 1 is 1.27 bits per heavy atom. The molecule has 0 aromatic carbocycles. The van der Waals surface area contributed by atoms with Gasteiger partial charge in [0.15, 0.2) is 0 Å². The van der Waals surface area contributed by atoms with Gasteiger partial charge in [-0.05, 0) is 31.2 Å². The van der Waals surface area contributed by atoms with Gasteiger partial charge in [0.1, 0.15) is 12.7 Å². The van der Waals surface area contributed by atoms with Crippen molar-refractivity contribution in [3.05, 3.63) is 12.7 Å². The Balaban J connectivity index is 4.26. The number of esters is 2. The predicted molar refractivity (Wildman–Crippen MR) is 102 cm³/mol. The molecule has 7 heteroatoms. The number of hydrogen-bond acceptors (Lipinski definition) is 6. The molecule has 0 saturated heterocycles. The zero-order valence-electron chi connectivity index (χ0n) is 16.7. The van der Waals surface area contributed by atoms with Crippen LogP contribution in [0.15, 0.2) is 12.7 Å². The van der Waals surface area contributed by atoms with E-state index in [9.17, 15) is 14.7 Å². The number of hydrogen-bond donors (Lipinski definition) is 1. The Morgan fingerprint density at radius 3 is 2.46 bits per heavy atom. The molecule has 0 amide bonds.